The lowest BCUT2D eigenvalue weighted by molar-refractivity contribution is 0.592. The third-order valence-corrected chi connectivity index (χ3v) is 5.67. The predicted octanol–water partition coefficient (Wildman–Crippen LogP) is 3.99. The number of fused-ring (bicyclic) bond motifs is 1. The molecule has 0 unspecified atom stereocenters. The largest absolute Gasteiger partial charge is 0.257 e. The molecular weight excluding hydrogens is 351 g/mol. The minimum absolute atomic E-state index is 0.103. The van der Waals surface area contributed by atoms with Crippen molar-refractivity contribution >= 4 is 38.3 Å². The fourth-order valence-corrected chi connectivity index (χ4v) is 3.69. The van der Waals surface area contributed by atoms with Gasteiger partial charge in [-0.1, -0.05) is 35.9 Å². The van der Waals surface area contributed by atoms with Crippen LogP contribution in [0.3, 0.4) is 0 Å². The Morgan fingerprint density at radius 1 is 1.12 bits per heavy atom. The summed E-state index contributed by atoms with van der Waals surface area (Å²) in [6, 6.07) is 14.8. The monoisotopic (exact) mass is 364 g/mol. The van der Waals surface area contributed by atoms with Gasteiger partial charge in [0.15, 0.2) is 0 Å². The smallest absolute Gasteiger partial charge is 0.240 e. The molecule has 0 saturated carbocycles. The molecule has 2 aromatic carbocycles. The number of benzene rings is 2. The van der Waals surface area contributed by atoms with E-state index in [9.17, 15) is 12.8 Å². The van der Waals surface area contributed by atoms with Gasteiger partial charge in [0.05, 0.1) is 16.3 Å². The molecule has 0 aliphatic carbocycles. The zero-order chi connectivity index (χ0) is 17.3. The zero-order valence-electron chi connectivity index (χ0n) is 12.8. The summed E-state index contributed by atoms with van der Waals surface area (Å²) in [5.41, 5.74) is 1.12. The number of aromatic nitrogens is 1. The summed E-state index contributed by atoms with van der Waals surface area (Å²) >= 11 is 5.71. The molecule has 7 heteroatoms. The molecule has 0 amide bonds. The van der Waals surface area contributed by atoms with Crippen LogP contribution in [0.25, 0.3) is 10.9 Å². The molecular formula is C17H14ClFN2O2S. The SMILES string of the molecule is CN(c1ccc2ccccc2n1)S(=O)(=O)Cc1ccc(F)c(Cl)c1. The number of hydrogen-bond acceptors (Lipinski definition) is 3. The number of hydrogen-bond donors (Lipinski definition) is 0. The Morgan fingerprint density at radius 2 is 1.88 bits per heavy atom. The highest BCUT2D eigenvalue weighted by Crippen LogP contribution is 2.22. The topological polar surface area (TPSA) is 50.3 Å². The van der Waals surface area contributed by atoms with E-state index in [-0.39, 0.29) is 10.8 Å². The summed E-state index contributed by atoms with van der Waals surface area (Å²) in [6.45, 7) is 0. The van der Waals surface area contributed by atoms with Gasteiger partial charge in [0.25, 0.3) is 0 Å². The molecule has 0 atom stereocenters. The lowest BCUT2D eigenvalue weighted by Gasteiger charge is -2.19. The number of rotatable bonds is 4. The van der Waals surface area contributed by atoms with Crippen LogP contribution >= 0.6 is 11.6 Å². The third-order valence-electron chi connectivity index (χ3n) is 3.66. The molecule has 0 spiro atoms. The molecule has 1 heterocycles. The number of anilines is 1. The van der Waals surface area contributed by atoms with Crippen molar-refractivity contribution in [3.63, 3.8) is 0 Å². The molecule has 3 rings (SSSR count). The van der Waals surface area contributed by atoms with Gasteiger partial charge in [-0.05, 0) is 35.9 Å². The number of sulfonamides is 1. The van der Waals surface area contributed by atoms with E-state index in [4.69, 9.17) is 11.6 Å². The first-order valence-corrected chi connectivity index (χ1v) is 9.12. The van der Waals surface area contributed by atoms with Crippen LogP contribution in [0, 0.1) is 5.82 Å². The van der Waals surface area contributed by atoms with Crippen molar-refractivity contribution in [1.29, 1.82) is 0 Å². The molecule has 124 valence electrons. The Bertz CT molecular complexity index is 1010. The highest BCUT2D eigenvalue weighted by atomic mass is 35.5. The van der Waals surface area contributed by atoms with Gasteiger partial charge in [0, 0.05) is 12.4 Å². The van der Waals surface area contributed by atoms with Crippen molar-refractivity contribution in [2.24, 2.45) is 0 Å². The molecule has 0 N–H and O–H groups in total. The second-order valence-corrected chi connectivity index (χ2v) is 7.74. The fourth-order valence-electron chi connectivity index (χ4n) is 2.31. The van der Waals surface area contributed by atoms with Gasteiger partial charge < -0.3 is 0 Å². The maximum Gasteiger partial charge on any atom is 0.240 e. The first kappa shape index (κ1) is 16.7. The van der Waals surface area contributed by atoms with Gasteiger partial charge in [-0.25, -0.2) is 17.8 Å². The Kier molecular flexibility index (Phi) is 4.43. The summed E-state index contributed by atoms with van der Waals surface area (Å²) in [7, 11) is -2.23. The number of pyridine rings is 1. The van der Waals surface area contributed by atoms with Crippen molar-refractivity contribution in [2.75, 3.05) is 11.4 Å². The maximum absolute atomic E-state index is 13.2. The van der Waals surface area contributed by atoms with E-state index in [1.807, 2.05) is 30.3 Å². The van der Waals surface area contributed by atoms with Crippen LogP contribution in [0.1, 0.15) is 5.56 Å². The van der Waals surface area contributed by atoms with Gasteiger partial charge in [-0.15, -0.1) is 0 Å². The molecule has 0 aliphatic rings. The number of nitrogens with zero attached hydrogens (tertiary/aromatic N) is 2. The summed E-state index contributed by atoms with van der Waals surface area (Å²) in [4.78, 5) is 4.38. The first-order valence-electron chi connectivity index (χ1n) is 7.13. The van der Waals surface area contributed by atoms with E-state index >= 15 is 0 Å². The highest BCUT2D eigenvalue weighted by Gasteiger charge is 2.21. The average molecular weight is 365 g/mol. The molecule has 4 nitrogen and oxygen atoms in total. The second kappa shape index (κ2) is 6.37. The molecule has 0 radical (unpaired) electrons. The Balaban J connectivity index is 1.91. The molecule has 3 aromatic rings. The van der Waals surface area contributed by atoms with Crippen LogP contribution in [0.15, 0.2) is 54.6 Å². The molecule has 0 fully saturated rings. The van der Waals surface area contributed by atoms with E-state index in [2.05, 4.69) is 4.98 Å². The molecule has 24 heavy (non-hydrogen) atoms. The van der Waals surface area contributed by atoms with Gasteiger partial charge in [0.2, 0.25) is 10.0 Å². The fraction of sp³-hybridized carbons (Fsp3) is 0.118. The van der Waals surface area contributed by atoms with E-state index in [1.165, 1.54) is 19.2 Å². The van der Waals surface area contributed by atoms with Crippen LogP contribution in [0.2, 0.25) is 5.02 Å². The maximum atomic E-state index is 13.2. The number of para-hydroxylation sites is 1. The van der Waals surface area contributed by atoms with Crippen LogP contribution in [0.4, 0.5) is 10.2 Å². The average Bonchev–Trinajstić information content (AvgIpc) is 2.57. The normalized spacial score (nSPS) is 11.6. The molecule has 0 aliphatic heterocycles. The van der Waals surface area contributed by atoms with Gasteiger partial charge in [0.1, 0.15) is 11.6 Å². The first-order chi connectivity index (χ1) is 11.4. The third kappa shape index (κ3) is 3.34. The predicted molar refractivity (Wildman–Crippen MR) is 94.2 cm³/mol. The van der Waals surface area contributed by atoms with Crippen molar-refractivity contribution in [3.05, 3.63) is 71.0 Å². The van der Waals surface area contributed by atoms with E-state index in [0.29, 0.717) is 16.9 Å². The minimum Gasteiger partial charge on any atom is -0.257 e. The zero-order valence-corrected chi connectivity index (χ0v) is 14.4. The van der Waals surface area contributed by atoms with E-state index < -0.39 is 15.8 Å². The van der Waals surface area contributed by atoms with Crippen molar-refractivity contribution in [3.8, 4) is 0 Å². The lowest BCUT2D eigenvalue weighted by atomic mass is 10.2. The molecule has 1 aromatic heterocycles. The van der Waals surface area contributed by atoms with Crippen LogP contribution in [-0.2, 0) is 15.8 Å². The number of halogens is 2. The van der Waals surface area contributed by atoms with E-state index in [1.54, 1.807) is 6.07 Å². The van der Waals surface area contributed by atoms with Crippen LogP contribution < -0.4 is 4.31 Å². The lowest BCUT2D eigenvalue weighted by Crippen LogP contribution is -2.28. The van der Waals surface area contributed by atoms with Gasteiger partial charge in [-0.3, -0.25) is 4.31 Å². The standard InChI is InChI=1S/C17H14ClFN2O2S/c1-21(17-9-7-13-4-2-3-5-16(13)20-17)24(22,23)11-12-6-8-15(19)14(18)10-12/h2-10H,11H2,1H3. The van der Waals surface area contributed by atoms with Crippen molar-refractivity contribution in [2.45, 2.75) is 5.75 Å². The summed E-state index contributed by atoms with van der Waals surface area (Å²) in [6.07, 6.45) is 0. The Labute approximate surface area is 144 Å². The van der Waals surface area contributed by atoms with Crippen molar-refractivity contribution < 1.29 is 12.8 Å². The highest BCUT2D eigenvalue weighted by molar-refractivity contribution is 7.92. The second-order valence-electron chi connectivity index (χ2n) is 5.33. The summed E-state index contributed by atoms with van der Waals surface area (Å²) in [5.74, 6) is -0.554. The summed E-state index contributed by atoms with van der Waals surface area (Å²) < 4.78 is 39.5. The van der Waals surface area contributed by atoms with Gasteiger partial charge in [-0.2, -0.15) is 0 Å². The van der Waals surface area contributed by atoms with E-state index in [0.717, 1.165) is 15.8 Å². The summed E-state index contributed by atoms with van der Waals surface area (Å²) in [5, 5.41) is 0.826. The van der Waals surface area contributed by atoms with Crippen LogP contribution in [0.5, 0.6) is 0 Å². The Morgan fingerprint density at radius 3 is 2.62 bits per heavy atom. The quantitative estimate of drug-likeness (QED) is 0.703. The minimum atomic E-state index is -3.67. The molecule has 0 saturated heterocycles. The van der Waals surface area contributed by atoms with Gasteiger partial charge >= 0.3 is 0 Å². The Hall–Kier alpha value is -2.18. The molecule has 0 bridgehead atoms. The van der Waals surface area contributed by atoms with Crippen LogP contribution in [-0.4, -0.2) is 20.4 Å². The van der Waals surface area contributed by atoms with Crippen molar-refractivity contribution in [1.82, 2.24) is 4.98 Å².